The number of hydrogen-bond donors (Lipinski definition) is 0. The van der Waals surface area contributed by atoms with Crippen LogP contribution in [0.1, 0.15) is 24.2 Å². The summed E-state index contributed by atoms with van der Waals surface area (Å²) < 4.78 is 5.33. The van der Waals surface area contributed by atoms with Gasteiger partial charge >= 0.3 is 5.97 Å². The highest BCUT2D eigenvalue weighted by Gasteiger charge is 2.24. The second kappa shape index (κ2) is 8.63. The van der Waals surface area contributed by atoms with E-state index < -0.39 is 5.97 Å². The summed E-state index contributed by atoms with van der Waals surface area (Å²) >= 11 is 1.55. The zero-order valence-corrected chi connectivity index (χ0v) is 15.6. The lowest BCUT2D eigenvalue weighted by molar-refractivity contribution is 0.0527. The number of carbonyl (C=O) groups excluding carboxylic acids is 1. The first-order valence-electron chi connectivity index (χ1n) is 8.57. The van der Waals surface area contributed by atoms with Crippen molar-refractivity contribution in [1.82, 2.24) is 9.97 Å². The Morgan fingerprint density at radius 1 is 0.885 bits per heavy atom. The molecule has 0 aliphatic heterocycles. The van der Waals surface area contributed by atoms with Crippen molar-refractivity contribution in [3.8, 4) is 22.5 Å². The first kappa shape index (κ1) is 18.1. The van der Waals surface area contributed by atoms with E-state index in [9.17, 15) is 4.79 Å². The molecule has 132 valence electrons. The van der Waals surface area contributed by atoms with Gasteiger partial charge < -0.3 is 4.74 Å². The molecule has 0 saturated heterocycles. The summed E-state index contributed by atoms with van der Waals surface area (Å²) in [5, 5.41) is 0.651. The van der Waals surface area contributed by atoms with Crippen molar-refractivity contribution in [2.24, 2.45) is 0 Å². The fraction of sp³-hybridized carbons (Fsp3) is 0.190. The number of benzene rings is 2. The molecule has 0 unspecified atom stereocenters. The lowest BCUT2D eigenvalue weighted by Gasteiger charge is -2.14. The van der Waals surface area contributed by atoms with Gasteiger partial charge in [-0.2, -0.15) is 0 Å². The molecule has 0 bridgehead atoms. The minimum absolute atomic E-state index is 0.298. The molecule has 0 aliphatic carbocycles. The molecule has 0 fully saturated rings. The minimum atomic E-state index is -0.404. The second-order valence-electron chi connectivity index (χ2n) is 5.46. The highest BCUT2D eigenvalue weighted by atomic mass is 32.2. The number of rotatable bonds is 6. The van der Waals surface area contributed by atoms with Gasteiger partial charge in [0.2, 0.25) is 0 Å². The number of thioether (sulfide) groups is 1. The fourth-order valence-corrected chi connectivity index (χ4v) is 3.21. The number of esters is 1. The van der Waals surface area contributed by atoms with Crippen LogP contribution in [0.25, 0.3) is 22.5 Å². The third-order valence-electron chi connectivity index (χ3n) is 3.74. The summed E-state index contributed by atoms with van der Waals surface area (Å²) in [6.45, 7) is 4.15. The van der Waals surface area contributed by atoms with Gasteiger partial charge in [-0.25, -0.2) is 14.8 Å². The Balaban J connectivity index is 2.30. The highest BCUT2D eigenvalue weighted by Crippen LogP contribution is 2.32. The Labute approximate surface area is 157 Å². The lowest BCUT2D eigenvalue weighted by Crippen LogP contribution is -2.12. The maximum atomic E-state index is 12.8. The van der Waals surface area contributed by atoms with E-state index in [-0.39, 0.29) is 0 Å². The van der Waals surface area contributed by atoms with Crippen molar-refractivity contribution in [3.05, 3.63) is 66.2 Å². The first-order valence-corrected chi connectivity index (χ1v) is 9.56. The van der Waals surface area contributed by atoms with Crippen molar-refractivity contribution in [2.45, 2.75) is 19.0 Å². The number of nitrogens with zero attached hydrogens (tertiary/aromatic N) is 2. The molecule has 0 N–H and O–H groups in total. The smallest absolute Gasteiger partial charge is 0.342 e. The van der Waals surface area contributed by atoms with E-state index in [4.69, 9.17) is 4.74 Å². The lowest BCUT2D eigenvalue weighted by atomic mass is 10.0. The van der Waals surface area contributed by atoms with Gasteiger partial charge in [0.15, 0.2) is 5.16 Å². The van der Waals surface area contributed by atoms with E-state index in [1.54, 1.807) is 18.7 Å². The monoisotopic (exact) mass is 364 g/mol. The maximum absolute atomic E-state index is 12.8. The molecule has 5 heteroatoms. The van der Waals surface area contributed by atoms with Crippen LogP contribution < -0.4 is 0 Å². The molecule has 1 heterocycles. The number of carbonyl (C=O) groups is 1. The van der Waals surface area contributed by atoms with Crippen LogP contribution >= 0.6 is 11.8 Å². The molecule has 0 aliphatic rings. The van der Waals surface area contributed by atoms with Crippen LogP contribution in [0.3, 0.4) is 0 Å². The third kappa shape index (κ3) is 3.94. The zero-order valence-electron chi connectivity index (χ0n) is 14.8. The van der Waals surface area contributed by atoms with Crippen LogP contribution in [0.15, 0.2) is 65.8 Å². The van der Waals surface area contributed by atoms with Gasteiger partial charge in [0.05, 0.1) is 18.0 Å². The van der Waals surface area contributed by atoms with Gasteiger partial charge in [0.25, 0.3) is 0 Å². The summed E-state index contributed by atoms with van der Waals surface area (Å²) in [4.78, 5) is 22.1. The Bertz CT molecular complexity index is 823. The Kier molecular flexibility index (Phi) is 6.02. The minimum Gasteiger partial charge on any atom is -0.462 e. The second-order valence-corrected chi connectivity index (χ2v) is 6.70. The van der Waals surface area contributed by atoms with Gasteiger partial charge in [-0.1, -0.05) is 79.3 Å². The standard InChI is InChI=1S/C21H20N2O2S/c1-3-25-20(24)17-18(15-11-7-5-8-12-15)22-21(26-4-2)23-19(17)16-13-9-6-10-14-16/h5-14H,3-4H2,1-2H3. The van der Waals surface area contributed by atoms with Crippen LogP contribution in [0.5, 0.6) is 0 Å². The summed E-state index contributed by atoms with van der Waals surface area (Å²) in [5.41, 5.74) is 3.36. The molecule has 1 aromatic heterocycles. The van der Waals surface area contributed by atoms with E-state index in [0.717, 1.165) is 16.9 Å². The predicted octanol–water partition coefficient (Wildman–Crippen LogP) is 5.10. The van der Waals surface area contributed by atoms with E-state index in [1.807, 2.05) is 60.7 Å². The molecule has 3 rings (SSSR count). The van der Waals surface area contributed by atoms with Crippen LogP contribution in [-0.2, 0) is 4.74 Å². The van der Waals surface area contributed by atoms with Crippen molar-refractivity contribution in [3.63, 3.8) is 0 Å². The summed E-state index contributed by atoms with van der Waals surface area (Å²) in [6, 6.07) is 19.4. The summed E-state index contributed by atoms with van der Waals surface area (Å²) in [6.07, 6.45) is 0. The van der Waals surface area contributed by atoms with Crippen molar-refractivity contribution >= 4 is 17.7 Å². The van der Waals surface area contributed by atoms with Gasteiger partial charge in [-0.05, 0) is 12.7 Å². The molecule has 3 aromatic rings. The summed E-state index contributed by atoms with van der Waals surface area (Å²) in [7, 11) is 0. The van der Waals surface area contributed by atoms with Crippen LogP contribution in [0.2, 0.25) is 0 Å². The molecule has 4 nitrogen and oxygen atoms in total. The number of ether oxygens (including phenoxy) is 1. The Morgan fingerprint density at radius 3 is 1.81 bits per heavy atom. The fourth-order valence-electron chi connectivity index (χ4n) is 2.64. The van der Waals surface area contributed by atoms with Gasteiger partial charge in [-0.15, -0.1) is 0 Å². The van der Waals surface area contributed by atoms with E-state index in [0.29, 0.717) is 28.7 Å². The molecule has 0 saturated carbocycles. The average Bonchev–Trinajstić information content (AvgIpc) is 2.69. The normalized spacial score (nSPS) is 10.5. The number of aromatic nitrogens is 2. The molecule has 0 atom stereocenters. The van der Waals surface area contributed by atoms with E-state index in [2.05, 4.69) is 16.9 Å². The molecular weight excluding hydrogens is 344 g/mol. The Hall–Kier alpha value is -2.66. The maximum Gasteiger partial charge on any atom is 0.342 e. The molecular formula is C21H20N2O2S. The van der Waals surface area contributed by atoms with Crippen molar-refractivity contribution < 1.29 is 9.53 Å². The molecule has 26 heavy (non-hydrogen) atoms. The molecule has 0 radical (unpaired) electrons. The largest absolute Gasteiger partial charge is 0.462 e. The van der Waals surface area contributed by atoms with Crippen LogP contribution in [0, 0.1) is 0 Å². The molecule has 0 spiro atoms. The summed E-state index contributed by atoms with van der Waals surface area (Å²) in [5.74, 6) is 0.444. The third-order valence-corrected chi connectivity index (χ3v) is 4.47. The first-order chi connectivity index (χ1) is 12.7. The van der Waals surface area contributed by atoms with Gasteiger partial charge in [0, 0.05) is 11.1 Å². The van der Waals surface area contributed by atoms with Gasteiger partial charge in [0.1, 0.15) is 5.56 Å². The van der Waals surface area contributed by atoms with E-state index >= 15 is 0 Å². The highest BCUT2D eigenvalue weighted by molar-refractivity contribution is 7.99. The quantitative estimate of drug-likeness (QED) is 0.346. The molecule has 0 amide bonds. The van der Waals surface area contributed by atoms with Crippen molar-refractivity contribution in [2.75, 3.05) is 12.4 Å². The predicted molar refractivity (Wildman–Crippen MR) is 105 cm³/mol. The Morgan fingerprint density at radius 2 is 1.38 bits per heavy atom. The van der Waals surface area contributed by atoms with Crippen molar-refractivity contribution in [1.29, 1.82) is 0 Å². The molecule has 2 aromatic carbocycles. The number of hydrogen-bond acceptors (Lipinski definition) is 5. The topological polar surface area (TPSA) is 52.1 Å². The van der Waals surface area contributed by atoms with Crippen LogP contribution in [-0.4, -0.2) is 28.3 Å². The van der Waals surface area contributed by atoms with E-state index in [1.165, 1.54) is 0 Å². The zero-order chi connectivity index (χ0) is 18.4. The van der Waals surface area contributed by atoms with Gasteiger partial charge in [-0.3, -0.25) is 0 Å². The SMILES string of the molecule is CCOC(=O)c1c(-c2ccccc2)nc(SCC)nc1-c1ccccc1. The van der Waals surface area contributed by atoms with Crippen LogP contribution in [0.4, 0.5) is 0 Å². The average molecular weight is 364 g/mol.